The minimum Gasteiger partial charge on any atom is -0.488 e. The number of pyridine rings is 1. The van der Waals surface area contributed by atoms with Crippen molar-refractivity contribution in [3.63, 3.8) is 0 Å². The average molecular weight is 133 g/mol. The SMILES string of the molecule is [CH2]Oc1ccc(C#N)nc1. The molecule has 0 aliphatic rings. The molecule has 1 aromatic heterocycles. The second kappa shape index (κ2) is 2.83. The van der Waals surface area contributed by atoms with Crippen LogP contribution in [0.4, 0.5) is 0 Å². The third-order valence-corrected chi connectivity index (χ3v) is 1.02. The summed E-state index contributed by atoms with van der Waals surface area (Å²) in [6, 6.07) is 5.10. The smallest absolute Gasteiger partial charge is 0.140 e. The largest absolute Gasteiger partial charge is 0.488 e. The van der Waals surface area contributed by atoms with Crippen molar-refractivity contribution in [1.29, 1.82) is 5.26 Å². The van der Waals surface area contributed by atoms with Crippen LogP contribution in [0.3, 0.4) is 0 Å². The summed E-state index contributed by atoms with van der Waals surface area (Å²) in [7, 11) is 3.19. The van der Waals surface area contributed by atoms with E-state index in [-0.39, 0.29) is 0 Å². The molecule has 0 aromatic carbocycles. The number of nitriles is 1. The Morgan fingerprint density at radius 3 is 2.80 bits per heavy atom. The zero-order valence-electron chi connectivity index (χ0n) is 5.24. The molecule has 0 bridgehead atoms. The molecule has 0 saturated heterocycles. The predicted octanol–water partition coefficient (Wildman–Crippen LogP) is 1.12. The Hall–Kier alpha value is -1.56. The van der Waals surface area contributed by atoms with Gasteiger partial charge in [-0.3, -0.25) is 0 Å². The Kier molecular flexibility index (Phi) is 1.86. The summed E-state index contributed by atoms with van der Waals surface area (Å²) in [6.07, 6.45) is 1.45. The lowest BCUT2D eigenvalue weighted by molar-refractivity contribution is 0.470. The van der Waals surface area contributed by atoms with Crippen molar-refractivity contribution in [2.24, 2.45) is 0 Å². The lowest BCUT2D eigenvalue weighted by atomic mass is 10.4. The monoisotopic (exact) mass is 133 g/mol. The Morgan fingerprint density at radius 2 is 2.40 bits per heavy atom. The van der Waals surface area contributed by atoms with Crippen LogP contribution >= 0.6 is 0 Å². The van der Waals surface area contributed by atoms with Crippen molar-refractivity contribution in [3.8, 4) is 11.8 Å². The maximum Gasteiger partial charge on any atom is 0.140 e. The van der Waals surface area contributed by atoms with Gasteiger partial charge in [-0.15, -0.1) is 0 Å². The van der Waals surface area contributed by atoms with E-state index in [1.807, 2.05) is 6.07 Å². The van der Waals surface area contributed by atoms with Crippen LogP contribution in [0.2, 0.25) is 0 Å². The lowest BCUT2D eigenvalue weighted by Gasteiger charge is -1.94. The number of hydrogen-bond donors (Lipinski definition) is 0. The molecule has 3 nitrogen and oxygen atoms in total. The molecule has 0 amide bonds. The van der Waals surface area contributed by atoms with Crippen molar-refractivity contribution in [2.45, 2.75) is 0 Å². The third kappa shape index (κ3) is 1.23. The number of ether oxygens (including phenoxy) is 1. The topological polar surface area (TPSA) is 45.9 Å². The average Bonchev–Trinajstić information content (AvgIpc) is 2.05. The molecule has 0 spiro atoms. The number of aromatic nitrogens is 1. The van der Waals surface area contributed by atoms with Gasteiger partial charge in [0, 0.05) is 0 Å². The Labute approximate surface area is 58.9 Å². The first kappa shape index (κ1) is 6.56. The molecular formula is C7H5N2O. The standard InChI is InChI=1S/C7H5N2O/c1-10-7-3-2-6(4-8)9-5-7/h2-3,5H,1H2. The van der Waals surface area contributed by atoms with E-state index in [1.54, 1.807) is 12.1 Å². The van der Waals surface area contributed by atoms with Gasteiger partial charge in [-0.05, 0) is 12.1 Å². The molecule has 1 rings (SSSR count). The summed E-state index contributed by atoms with van der Waals surface area (Å²) >= 11 is 0. The minimum absolute atomic E-state index is 0.376. The fraction of sp³-hybridized carbons (Fsp3) is 0. The van der Waals surface area contributed by atoms with E-state index in [0.29, 0.717) is 11.4 Å². The number of nitrogens with zero attached hydrogens (tertiary/aromatic N) is 2. The van der Waals surface area contributed by atoms with Crippen LogP contribution in [0.1, 0.15) is 5.69 Å². The summed E-state index contributed by atoms with van der Waals surface area (Å²) in [4.78, 5) is 3.74. The Bertz CT molecular complexity index is 247. The summed E-state index contributed by atoms with van der Waals surface area (Å²) in [6.45, 7) is 0. The number of hydrogen-bond acceptors (Lipinski definition) is 3. The fourth-order valence-corrected chi connectivity index (χ4v) is 0.532. The minimum atomic E-state index is 0.376. The first-order chi connectivity index (χ1) is 4.86. The first-order valence-corrected chi connectivity index (χ1v) is 2.65. The summed E-state index contributed by atoms with van der Waals surface area (Å²) in [5, 5.41) is 8.33. The van der Waals surface area contributed by atoms with Gasteiger partial charge in [0.2, 0.25) is 0 Å². The molecule has 0 aliphatic carbocycles. The van der Waals surface area contributed by atoms with Crippen LogP contribution < -0.4 is 4.74 Å². The maximum absolute atomic E-state index is 8.33. The van der Waals surface area contributed by atoms with Crippen LogP contribution in [-0.4, -0.2) is 4.98 Å². The lowest BCUT2D eigenvalue weighted by Crippen LogP contribution is -1.83. The van der Waals surface area contributed by atoms with Crippen molar-refractivity contribution in [2.75, 3.05) is 0 Å². The normalized spacial score (nSPS) is 8.40. The summed E-state index contributed by atoms with van der Waals surface area (Å²) in [5.74, 6) is 0.555. The van der Waals surface area contributed by atoms with E-state index in [9.17, 15) is 0 Å². The molecule has 0 aliphatic heterocycles. The second-order valence-electron chi connectivity index (χ2n) is 1.64. The van der Waals surface area contributed by atoms with Crippen molar-refractivity contribution >= 4 is 0 Å². The molecule has 0 atom stereocenters. The highest BCUT2D eigenvalue weighted by Crippen LogP contribution is 2.06. The molecule has 0 N–H and O–H groups in total. The van der Waals surface area contributed by atoms with Crippen LogP contribution in [0.25, 0.3) is 0 Å². The van der Waals surface area contributed by atoms with Gasteiger partial charge in [0.25, 0.3) is 0 Å². The highest BCUT2D eigenvalue weighted by molar-refractivity contribution is 5.26. The molecule has 1 radical (unpaired) electrons. The molecule has 0 fully saturated rings. The quantitative estimate of drug-likeness (QED) is 0.576. The van der Waals surface area contributed by atoms with Crippen molar-refractivity contribution in [3.05, 3.63) is 31.1 Å². The highest BCUT2D eigenvalue weighted by atomic mass is 16.5. The van der Waals surface area contributed by atoms with Gasteiger partial charge in [-0.2, -0.15) is 5.26 Å². The molecule has 1 aromatic rings. The molecular weight excluding hydrogens is 128 g/mol. The van der Waals surface area contributed by atoms with Gasteiger partial charge in [-0.1, -0.05) is 0 Å². The van der Waals surface area contributed by atoms with E-state index in [1.165, 1.54) is 6.20 Å². The van der Waals surface area contributed by atoms with E-state index in [4.69, 9.17) is 5.26 Å². The van der Waals surface area contributed by atoms with E-state index >= 15 is 0 Å². The van der Waals surface area contributed by atoms with Gasteiger partial charge >= 0.3 is 0 Å². The molecule has 1 heterocycles. The number of rotatable bonds is 1. The zero-order chi connectivity index (χ0) is 7.40. The first-order valence-electron chi connectivity index (χ1n) is 2.65. The van der Waals surface area contributed by atoms with Crippen LogP contribution in [0, 0.1) is 18.4 Å². The van der Waals surface area contributed by atoms with Crippen molar-refractivity contribution in [1.82, 2.24) is 4.98 Å². The Morgan fingerprint density at radius 1 is 1.60 bits per heavy atom. The zero-order valence-corrected chi connectivity index (χ0v) is 5.24. The van der Waals surface area contributed by atoms with Crippen LogP contribution in [0.5, 0.6) is 5.75 Å². The van der Waals surface area contributed by atoms with Gasteiger partial charge < -0.3 is 4.74 Å². The Balaban J connectivity index is 2.93. The maximum atomic E-state index is 8.33. The van der Waals surface area contributed by atoms with Crippen molar-refractivity contribution < 1.29 is 4.74 Å². The van der Waals surface area contributed by atoms with Crippen LogP contribution in [-0.2, 0) is 0 Å². The molecule has 10 heavy (non-hydrogen) atoms. The molecule has 3 heteroatoms. The van der Waals surface area contributed by atoms with Gasteiger partial charge in [0.15, 0.2) is 0 Å². The van der Waals surface area contributed by atoms with Crippen LogP contribution in [0.15, 0.2) is 18.3 Å². The fourth-order valence-electron chi connectivity index (χ4n) is 0.532. The van der Waals surface area contributed by atoms with E-state index in [2.05, 4.69) is 16.8 Å². The molecule has 49 valence electrons. The van der Waals surface area contributed by atoms with Gasteiger partial charge in [0.05, 0.1) is 6.20 Å². The third-order valence-electron chi connectivity index (χ3n) is 1.02. The molecule has 0 saturated carbocycles. The highest BCUT2D eigenvalue weighted by Gasteiger charge is 1.91. The summed E-state index contributed by atoms with van der Waals surface area (Å²) in [5.41, 5.74) is 0.376. The van der Waals surface area contributed by atoms with E-state index < -0.39 is 0 Å². The molecule has 0 unspecified atom stereocenters. The van der Waals surface area contributed by atoms with Gasteiger partial charge in [0.1, 0.15) is 24.6 Å². The second-order valence-corrected chi connectivity index (χ2v) is 1.64. The summed E-state index contributed by atoms with van der Waals surface area (Å²) < 4.78 is 4.59. The van der Waals surface area contributed by atoms with E-state index in [0.717, 1.165) is 0 Å². The predicted molar refractivity (Wildman–Crippen MR) is 34.9 cm³/mol. The van der Waals surface area contributed by atoms with Gasteiger partial charge in [-0.25, -0.2) is 4.98 Å².